The monoisotopic (exact) mass is 459 g/mol. The third-order valence-corrected chi connectivity index (χ3v) is 5.42. The topological polar surface area (TPSA) is 106 Å². The van der Waals surface area contributed by atoms with E-state index in [0.717, 1.165) is 25.0 Å². The van der Waals surface area contributed by atoms with Gasteiger partial charge < -0.3 is 14.8 Å². The third-order valence-electron chi connectivity index (χ3n) is 5.01. The Hall–Kier alpha value is -3.10. The molecule has 1 fully saturated rings. The van der Waals surface area contributed by atoms with Gasteiger partial charge in [-0.2, -0.15) is 0 Å². The van der Waals surface area contributed by atoms with Crippen molar-refractivity contribution in [2.24, 2.45) is 0 Å². The maximum absolute atomic E-state index is 12.2. The van der Waals surface area contributed by atoms with Crippen molar-refractivity contribution in [2.75, 3.05) is 18.5 Å². The molecule has 170 valence electrons. The van der Waals surface area contributed by atoms with E-state index in [-0.39, 0.29) is 24.9 Å². The molecule has 8 nitrogen and oxygen atoms in total. The van der Waals surface area contributed by atoms with E-state index in [1.54, 1.807) is 49.4 Å². The fourth-order valence-corrected chi connectivity index (χ4v) is 3.29. The lowest BCUT2D eigenvalue weighted by Gasteiger charge is -2.12. The van der Waals surface area contributed by atoms with Crippen LogP contribution in [0.5, 0.6) is 5.75 Å². The van der Waals surface area contributed by atoms with Crippen molar-refractivity contribution in [3.63, 3.8) is 0 Å². The number of amides is 3. The van der Waals surface area contributed by atoms with Crippen molar-refractivity contribution in [3.8, 4) is 5.75 Å². The molecule has 1 heterocycles. The second kappa shape index (κ2) is 11.5. The lowest BCUT2D eigenvalue weighted by atomic mass is 10.2. The van der Waals surface area contributed by atoms with Gasteiger partial charge in [0.25, 0.3) is 5.91 Å². The highest BCUT2D eigenvalue weighted by Crippen LogP contribution is 2.23. The van der Waals surface area contributed by atoms with Gasteiger partial charge in [-0.05, 0) is 61.7 Å². The molecule has 0 saturated carbocycles. The van der Waals surface area contributed by atoms with Gasteiger partial charge in [-0.3, -0.25) is 25.2 Å². The second-order valence-corrected chi connectivity index (χ2v) is 7.84. The van der Waals surface area contributed by atoms with Gasteiger partial charge in [-0.25, -0.2) is 0 Å². The molecule has 9 heteroatoms. The Morgan fingerprint density at radius 1 is 1.06 bits per heavy atom. The van der Waals surface area contributed by atoms with E-state index < -0.39 is 11.8 Å². The summed E-state index contributed by atoms with van der Waals surface area (Å²) < 4.78 is 11.2. The molecule has 3 rings (SSSR count). The van der Waals surface area contributed by atoms with Gasteiger partial charge in [-0.15, -0.1) is 0 Å². The van der Waals surface area contributed by atoms with E-state index in [4.69, 9.17) is 21.1 Å². The molecule has 3 amide bonds. The predicted molar refractivity (Wildman–Crippen MR) is 121 cm³/mol. The lowest BCUT2D eigenvalue weighted by Crippen LogP contribution is -2.41. The van der Waals surface area contributed by atoms with E-state index in [0.29, 0.717) is 28.6 Å². The average Bonchev–Trinajstić information content (AvgIpc) is 3.32. The molecule has 1 unspecified atom stereocenters. The minimum Gasteiger partial charge on any atom is -0.491 e. The van der Waals surface area contributed by atoms with E-state index in [1.807, 2.05) is 0 Å². The zero-order valence-corrected chi connectivity index (χ0v) is 18.5. The van der Waals surface area contributed by atoms with Crippen molar-refractivity contribution in [1.82, 2.24) is 10.9 Å². The lowest BCUT2D eigenvalue weighted by molar-refractivity contribution is -0.124. The molecular formula is C23H26ClN3O5. The van der Waals surface area contributed by atoms with Crippen molar-refractivity contribution < 1.29 is 23.9 Å². The first-order valence-corrected chi connectivity index (χ1v) is 10.8. The molecule has 0 aromatic heterocycles. The molecule has 1 saturated heterocycles. The first kappa shape index (κ1) is 23.6. The molecule has 3 N–H and O–H groups in total. The van der Waals surface area contributed by atoms with Crippen LogP contribution in [-0.2, 0) is 14.3 Å². The maximum atomic E-state index is 12.2. The van der Waals surface area contributed by atoms with Crippen molar-refractivity contribution in [1.29, 1.82) is 0 Å². The molecule has 1 aliphatic rings. The maximum Gasteiger partial charge on any atom is 0.269 e. The molecule has 1 aliphatic heterocycles. The van der Waals surface area contributed by atoms with Crippen molar-refractivity contribution in [2.45, 2.75) is 38.7 Å². The number of nitrogens with one attached hydrogen (secondary N) is 3. The Balaban J connectivity index is 1.37. The number of halogens is 1. The minimum absolute atomic E-state index is 0.0373. The predicted octanol–water partition coefficient (Wildman–Crippen LogP) is 3.39. The number of hydrazine groups is 1. The van der Waals surface area contributed by atoms with E-state index >= 15 is 0 Å². The van der Waals surface area contributed by atoms with Crippen LogP contribution in [-0.4, -0.2) is 37.0 Å². The summed E-state index contributed by atoms with van der Waals surface area (Å²) in [5, 5.41) is 3.27. The summed E-state index contributed by atoms with van der Waals surface area (Å²) >= 11 is 6.03. The molecule has 0 spiro atoms. The van der Waals surface area contributed by atoms with Gasteiger partial charge in [0.15, 0.2) is 0 Å². The zero-order chi connectivity index (χ0) is 22.9. The Morgan fingerprint density at radius 3 is 2.53 bits per heavy atom. The van der Waals surface area contributed by atoms with Gasteiger partial charge in [0.2, 0.25) is 11.8 Å². The van der Waals surface area contributed by atoms with Crippen molar-refractivity contribution >= 4 is 35.0 Å². The number of hydrogen-bond acceptors (Lipinski definition) is 5. The minimum atomic E-state index is -0.479. The number of anilines is 1. The van der Waals surface area contributed by atoms with Crippen LogP contribution in [0, 0.1) is 6.92 Å². The zero-order valence-electron chi connectivity index (χ0n) is 17.8. The van der Waals surface area contributed by atoms with Crippen LogP contribution in [0.3, 0.4) is 0 Å². The van der Waals surface area contributed by atoms with Gasteiger partial charge in [0.05, 0.1) is 6.10 Å². The molecule has 2 aromatic carbocycles. The van der Waals surface area contributed by atoms with Crippen LogP contribution in [0.25, 0.3) is 0 Å². The second-order valence-electron chi connectivity index (χ2n) is 7.43. The van der Waals surface area contributed by atoms with E-state index in [2.05, 4.69) is 16.2 Å². The highest BCUT2D eigenvalue weighted by atomic mass is 35.5. The molecule has 1 atom stereocenters. The smallest absolute Gasteiger partial charge is 0.269 e. The Kier molecular flexibility index (Phi) is 8.47. The summed E-state index contributed by atoms with van der Waals surface area (Å²) in [5.74, 6) is -0.631. The summed E-state index contributed by atoms with van der Waals surface area (Å²) in [4.78, 5) is 36.2. The summed E-state index contributed by atoms with van der Waals surface area (Å²) in [6.45, 7) is 3.04. The number of rotatable bonds is 8. The summed E-state index contributed by atoms with van der Waals surface area (Å²) in [6, 6.07) is 11.8. The highest BCUT2D eigenvalue weighted by molar-refractivity contribution is 6.31. The third kappa shape index (κ3) is 6.96. The Bertz CT molecular complexity index is 959. The Morgan fingerprint density at radius 2 is 1.81 bits per heavy atom. The van der Waals surface area contributed by atoms with Gasteiger partial charge in [0, 0.05) is 35.7 Å². The van der Waals surface area contributed by atoms with Crippen molar-refractivity contribution in [3.05, 3.63) is 58.6 Å². The van der Waals surface area contributed by atoms with E-state index in [1.165, 1.54) is 0 Å². The normalized spacial score (nSPS) is 15.1. The largest absolute Gasteiger partial charge is 0.491 e. The quantitative estimate of drug-likeness (QED) is 0.525. The summed E-state index contributed by atoms with van der Waals surface area (Å²) in [5.41, 5.74) is 6.36. The molecule has 0 bridgehead atoms. The van der Waals surface area contributed by atoms with Crippen LogP contribution in [0.1, 0.15) is 41.6 Å². The first-order chi connectivity index (χ1) is 15.4. The number of ether oxygens (including phenoxy) is 2. The fraction of sp³-hybridized carbons (Fsp3) is 0.348. The van der Waals surface area contributed by atoms with E-state index in [9.17, 15) is 14.4 Å². The summed E-state index contributed by atoms with van der Waals surface area (Å²) in [6.07, 6.45) is 2.03. The summed E-state index contributed by atoms with van der Waals surface area (Å²) in [7, 11) is 0. The number of carbonyl (C=O) groups excluding carboxylic acids is 3. The van der Waals surface area contributed by atoms with Crippen LogP contribution in [0.2, 0.25) is 5.02 Å². The number of hydrogen-bond donors (Lipinski definition) is 3. The van der Waals surface area contributed by atoms with Gasteiger partial charge in [0.1, 0.15) is 12.4 Å². The molecule has 0 aliphatic carbocycles. The van der Waals surface area contributed by atoms with Gasteiger partial charge in [-0.1, -0.05) is 17.7 Å². The number of benzene rings is 2. The fourth-order valence-electron chi connectivity index (χ4n) is 3.11. The molecular weight excluding hydrogens is 434 g/mol. The standard InChI is InChI=1S/C23H26ClN3O5/c1-15-19(24)5-2-6-20(15)25-21(28)11-12-22(29)26-27-23(30)16-7-9-17(10-8-16)32-14-18-4-3-13-31-18/h2,5-10,18H,3-4,11-14H2,1H3,(H,25,28)(H,26,29)(H,27,30). The molecule has 2 aromatic rings. The average molecular weight is 460 g/mol. The van der Waals surface area contributed by atoms with Gasteiger partial charge >= 0.3 is 0 Å². The van der Waals surface area contributed by atoms with Crippen LogP contribution >= 0.6 is 11.6 Å². The number of carbonyl (C=O) groups is 3. The Labute approximate surface area is 191 Å². The van der Waals surface area contributed by atoms with Crippen LogP contribution < -0.4 is 20.9 Å². The first-order valence-electron chi connectivity index (χ1n) is 10.4. The molecule has 0 radical (unpaired) electrons. The molecule has 32 heavy (non-hydrogen) atoms. The highest BCUT2D eigenvalue weighted by Gasteiger charge is 2.16. The SMILES string of the molecule is Cc1c(Cl)cccc1NC(=O)CCC(=O)NNC(=O)c1ccc(OCC2CCCO2)cc1. The van der Waals surface area contributed by atoms with Crippen LogP contribution in [0.4, 0.5) is 5.69 Å². The van der Waals surface area contributed by atoms with Crippen LogP contribution in [0.15, 0.2) is 42.5 Å².